The summed E-state index contributed by atoms with van der Waals surface area (Å²) in [4.78, 5) is 0. The monoisotopic (exact) mass is 236 g/mol. The lowest BCUT2D eigenvalue weighted by molar-refractivity contribution is 0.665. The van der Waals surface area contributed by atoms with E-state index in [1.54, 1.807) is 12.3 Å². The van der Waals surface area contributed by atoms with E-state index in [0.29, 0.717) is 5.03 Å². The summed E-state index contributed by atoms with van der Waals surface area (Å²) in [6.45, 7) is 0. The highest BCUT2D eigenvalue weighted by molar-refractivity contribution is 9.11. The third-order valence-corrected chi connectivity index (χ3v) is 1.87. The predicted octanol–water partition coefficient (Wildman–Crippen LogP) is 1.60. The first-order chi connectivity index (χ1) is 5.24. The largest absolute Gasteiger partial charge is 0.363 e. The standard InChI is InChI=1S/C5H6BrClN4/c6-3-1-4(7)5(9-2-3)10-11-8/h1-2,5,9H,(H2,8,10). The molecule has 1 unspecified atom stereocenters. The molecule has 1 aliphatic heterocycles. The number of nitrogens with one attached hydrogen (secondary N) is 1. The van der Waals surface area contributed by atoms with E-state index in [2.05, 4.69) is 31.6 Å². The third-order valence-electron chi connectivity index (χ3n) is 1.10. The number of hydrogen-bond acceptors (Lipinski definition) is 3. The van der Waals surface area contributed by atoms with Gasteiger partial charge in [-0.05, 0) is 22.0 Å². The van der Waals surface area contributed by atoms with Gasteiger partial charge in [0.1, 0.15) is 0 Å². The van der Waals surface area contributed by atoms with Gasteiger partial charge in [-0.2, -0.15) is 0 Å². The van der Waals surface area contributed by atoms with E-state index in [-0.39, 0.29) is 6.17 Å². The lowest BCUT2D eigenvalue weighted by Crippen LogP contribution is -2.24. The number of nitrogens with two attached hydrogens (primary N) is 1. The second kappa shape index (κ2) is 3.73. The Morgan fingerprint density at radius 1 is 1.73 bits per heavy atom. The molecule has 6 heteroatoms. The van der Waals surface area contributed by atoms with Crippen LogP contribution in [0.4, 0.5) is 0 Å². The fraction of sp³-hybridized carbons (Fsp3) is 0.200. The Morgan fingerprint density at radius 3 is 3.00 bits per heavy atom. The Morgan fingerprint density at radius 2 is 2.45 bits per heavy atom. The van der Waals surface area contributed by atoms with Gasteiger partial charge in [-0.15, -0.1) is 5.11 Å². The van der Waals surface area contributed by atoms with Gasteiger partial charge in [0.25, 0.3) is 0 Å². The molecule has 1 aliphatic rings. The maximum Gasteiger partial charge on any atom is 0.177 e. The number of hydrogen-bond donors (Lipinski definition) is 2. The van der Waals surface area contributed by atoms with Gasteiger partial charge in [-0.1, -0.05) is 16.8 Å². The third kappa shape index (κ3) is 2.20. The van der Waals surface area contributed by atoms with Gasteiger partial charge in [0.15, 0.2) is 6.17 Å². The highest BCUT2D eigenvalue weighted by Gasteiger charge is 2.13. The van der Waals surface area contributed by atoms with Crippen LogP contribution in [-0.4, -0.2) is 6.17 Å². The molecule has 0 aromatic heterocycles. The van der Waals surface area contributed by atoms with Crippen molar-refractivity contribution in [1.82, 2.24) is 5.32 Å². The molecule has 60 valence electrons. The van der Waals surface area contributed by atoms with Crippen molar-refractivity contribution >= 4 is 27.5 Å². The van der Waals surface area contributed by atoms with Crippen molar-refractivity contribution in [2.75, 3.05) is 0 Å². The van der Waals surface area contributed by atoms with Gasteiger partial charge in [0, 0.05) is 10.7 Å². The molecular formula is C5H6BrClN4. The molecule has 1 rings (SSSR count). The lowest BCUT2D eigenvalue weighted by atomic mass is 10.3. The van der Waals surface area contributed by atoms with Crippen LogP contribution in [0.25, 0.3) is 0 Å². The van der Waals surface area contributed by atoms with Crippen molar-refractivity contribution in [1.29, 1.82) is 0 Å². The maximum absolute atomic E-state index is 5.77. The van der Waals surface area contributed by atoms with Crippen LogP contribution < -0.4 is 11.2 Å². The van der Waals surface area contributed by atoms with E-state index in [0.717, 1.165) is 4.48 Å². The minimum absolute atomic E-state index is 0.344. The second-order valence-electron chi connectivity index (χ2n) is 1.86. The summed E-state index contributed by atoms with van der Waals surface area (Å²) >= 11 is 9.02. The summed E-state index contributed by atoms with van der Waals surface area (Å²) < 4.78 is 0.867. The summed E-state index contributed by atoms with van der Waals surface area (Å²) in [5, 5.41) is 10.2. The quantitative estimate of drug-likeness (QED) is 0.413. The number of allylic oxidation sites excluding steroid dienone is 2. The van der Waals surface area contributed by atoms with E-state index in [1.165, 1.54) is 0 Å². The van der Waals surface area contributed by atoms with Crippen LogP contribution in [0.1, 0.15) is 0 Å². The molecule has 0 saturated heterocycles. The van der Waals surface area contributed by atoms with Gasteiger partial charge in [-0.25, -0.2) is 0 Å². The minimum atomic E-state index is -0.344. The van der Waals surface area contributed by atoms with Gasteiger partial charge in [0.05, 0.1) is 5.03 Å². The van der Waals surface area contributed by atoms with Gasteiger partial charge >= 0.3 is 0 Å². The topological polar surface area (TPSA) is 62.8 Å². The molecule has 0 amide bonds. The molecule has 0 fully saturated rings. The molecule has 11 heavy (non-hydrogen) atoms. The number of halogens is 2. The molecule has 0 saturated carbocycles. The number of nitrogens with zero attached hydrogens (tertiary/aromatic N) is 2. The van der Waals surface area contributed by atoms with Gasteiger partial charge in [-0.3, -0.25) is 0 Å². The fourth-order valence-corrected chi connectivity index (χ4v) is 1.38. The van der Waals surface area contributed by atoms with Crippen LogP contribution in [0.15, 0.2) is 32.1 Å². The average Bonchev–Trinajstić information content (AvgIpc) is 1.95. The zero-order chi connectivity index (χ0) is 8.27. The van der Waals surface area contributed by atoms with E-state index >= 15 is 0 Å². The Kier molecular flexibility index (Phi) is 2.90. The van der Waals surface area contributed by atoms with Crippen LogP contribution in [0.3, 0.4) is 0 Å². The van der Waals surface area contributed by atoms with Crippen molar-refractivity contribution in [3.63, 3.8) is 0 Å². The zero-order valence-electron chi connectivity index (χ0n) is 5.46. The van der Waals surface area contributed by atoms with Crippen molar-refractivity contribution in [3.05, 3.63) is 21.8 Å². The fourth-order valence-electron chi connectivity index (χ4n) is 0.646. The first kappa shape index (κ1) is 8.55. The molecule has 0 aromatic carbocycles. The smallest absolute Gasteiger partial charge is 0.177 e. The first-order valence-corrected chi connectivity index (χ1v) is 4.00. The first-order valence-electron chi connectivity index (χ1n) is 2.83. The average molecular weight is 237 g/mol. The molecule has 0 radical (unpaired) electrons. The van der Waals surface area contributed by atoms with Gasteiger partial charge in [0.2, 0.25) is 0 Å². The second-order valence-corrected chi connectivity index (χ2v) is 3.21. The molecule has 1 atom stereocenters. The van der Waals surface area contributed by atoms with E-state index < -0.39 is 0 Å². The van der Waals surface area contributed by atoms with E-state index in [4.69, 9.17) is 17.4 Å². The predicted molar refractivity (Wildman–Crippen MR) is 46.9 cm³/mol. The summed E-state index contributed by atoms with van der Waals surface area (Å²) in [6.07, 6.45) is 3.12. The normalized spacial score (nSPS) is 24.4. The summed E-state index contributed by atoms with van der Waals surface area (Å²) in [5.41, 5.74) is 0. The maximum atomic E-state index is 5.77. The molecular weight excluding hydrogens is 231 g/mol. The SMILES string of the molecule is NN=NC1NC=C(Br)C=C1Cl. The van der Waals surface area contributed by atoms with Gasteiger partial charge < -0.3 is 11.2 Å². The number of dihydropyridines is 1. The number of rotatable bonds is 1. The summed E-state index contributed by atoms with van der Waals surface area (Å²) in [6, 6.07) is 0. The van der Waals surface area contributed by atoms with Crippen LogP contribution in [0.2, 0.25) is 0 Å². The van der Waals surface area contributed by atoms with Crippen LogP contribution in [-0.2, 0) is 0 Å². The van der Waals surface area contributed by atoms with Crippen molar-refractivity contribution in [2.45, 2.75) is 6.17 Å². The zero-order valence-corrected chi connectivity index (χ0v) is 7.80. The van der Waals surface area contributed by atoms with Crippen LogP contribution >= 0.6 is 27.5 Å². The Hall–Kier alpha value is -0.550. The summed E-state index contributed by atoms with van der Waals surface area (Å²) in [5.74, 6) is 4.86. The molecule has 4 nitrogen and oxygen atoms in total. The molecule has 3 N–H and O–H groups in total. The highest BCUT2D eigenvalue weighted by Crippen LogP contribution is 2.20. The van der Waals surface area contributed by atoms with Crippen molar-refractivity contribution in [2.24, 2.45) is 16.2 Å². The van der Waals surface area contributed by atoms with Crippen molar-refractivity contribution < 1.29 is 0 Å². The van der Waals surface area contributed by atoms with Crippen molar-refractivity contribution in [3.8, 4) is 0 Å². The van der Waals surface area contributed by atoms with E-state index in [9.17, 15) is 0 Å². The molecule has 0 spiro atoms. The summed E-state index contributed by atoms with van der Waals surface area (Å²) in [7, 11) is 0. The molecule has 0 bridgehead atoms. The van der Waals surface area contributed by atoms with Crippen LogP contribution in [0, 0.1) is 0 Å². The van der Waals surface area contributed by atoms with Crippen LogP contribution in [0.5, 0.6) is 0 Å². The Balaban J connectivity index is 2.71. The Labute approximate surface area is 77.3 Å². The molecule has 0 aliphatic carbocycles. The molecule has 1 heterocycles. The minimum Gasteiger partial charge on any atom is -0.363 e. The molecule has 0 aromatic rings. The highest BCUT2D eigenvalue weighted by atomic mass is 79.9. The Bertz CT molecular complexity index is 235. The lowest BCUT2D eigenvalue weighted by Gasteiger charge is -2.14. The van der Waals surface area contributed by atoms with E-state index in [1.807, 2.05) is 0 Å².